The van der Waals surface area contributed by atoms with Crippen LogP contribution in [0.3, 0.4) is 0 Å². The van der Waals surface area contributed by atoms with Gasteiger partial charge in [-0.25, -0.2) is 0 Å². The number of piperidine rings is 1. The summed E-state index contributed by atoms with van der Waals surface area (Å²) in [6.45, 7) is 5.16. The van der Waals surface area contributed by atoms with Gasteiger partial charge in [-0.1, -0.05) is 49.4 Å². The molecule has 2 aromatic carbocycles. The van der Waals surface area contributed by atoms with Crippen molar-refractivity contribution in [2.24, 2.45) is 5.92 Å². The normalized spacial score (nSPS) is 23.6. The molecule has 25 heavy (non-hydrogen) atoms. The first-order valence-corrected chi connectivity index (χ1v) is 9.78. The average Bonchev–Trinajstić information content (AvgIpc) is 3.46. The smallest absolute Gasteiger partial charge is 0.226 e. The van der Waals surface area contributed by atoms with E-state index in [1.165, 1.54) is 16.3 Å². The van der Waals surface area contributed by atoms with Crippen molar-refractivity contribution in [1.29, 1.82) is 0 Å². The molecule has 1 saturated heterocycles. The molecular weight excluding hydrogens is 308 g/mol. The largest absolute Gasteiger partial charge is 0.339 e. The molecule has 1 amide bonds. The molecule has 132 valence electrons. The Morgan fingerprint density at radius 3 is 2.68 bits per heavy atom. The summed E-state index contributed by atoms with van der Waals surface area (Å²) in [6.07, 6.45) is 4.24. The van der Waals surface area contributed by atoms with Crippen molar-refractivity contribution >= 4 is 16.7 Å². The summed E-state index contributed by atoms with van der Waals surface area (Å²) in [5.74, 6) is 0.985. The fourth-order valence-corrected chi connectivity index (χ4v) is 4.43. The van der Waals surface area contributed by atoms with Gasteiger partial charge in [0.15, 0.2) is 0 Å². The number of carbonyl (C=O) groups excluding carboxylic acids is 1. The van der Waals surface area contributed by atoms with Crippen LogP contribution < -0.4 is 5.32 Å². The van der Waals surface area contributed by atoms with Gasteiger partial charge < -0.3 is 10.2 Å². The van der Waals surface area contributed by atoms with Gasteiger partial charge >= 0.3 is 0 Å². The number of nitrogens with one attached hydrogen (secondary N) is 1. The van der Waals surface area contributed by atoms with Gasteiger partial charge in [0.25, 0.3) is 0 Å². The minimum atomic E-state index is 0.187. The van der Waals surface area contributed by atoms with Crippen LogP contribution in [0.1, 0.15) is 44.1 Å². The molecule has 0 bridgehead atoms. The third kappa shape index (κ3) is 3.30. The summed E-state index contributed by atoms with van der Waals surface area (Å²) in [6, 6.07) is 15.5. The van der Waals surface area contributed by atoms with E-state index in [0.29, 0.717) is 17.9 Å². The molecule has 1 saturated carbocycles. The van der Waals surface area contributed by atoms with Crippen LogP contribution in [0.25, 0.3) is 10.8 Å². The molecule has 2 unspecified atom stereocenters. The number of fused-ring (bicyclic) bond motifs is 1. The number of hydrogen-bond acceptors (Lipinski definition) is 2. The molecule has 0 spiro atoms. The molecule has 1 N–H and O–H groups in total. The lowest BCUT2D eigenvalue weighted by molar-refractivity contribution is -0.135. The first-order chi connectivity index (χ1) is 12.3. The molecule has 1 heterocycles. The standard InChI is InChI=1S/C22H28N2O/c1-2-14-24(17-10-12-23-13-11-17)22(25)21-15-20(21)19-9-5-7-16-6-3-4-8-18(16)19/h3-9,17,20-21,23H,2,10-15H2,1H3. The Morgan fingerprint density at radius 1 is 1.12 bits per heavy atom. The molecule has 0 aromatic heterocycles. The molecule has 3 nitrogen and oxygen atoms in total. The minimum Gasteiger partial charge on any atom is -0.339 e. The highest BCUT2D eigenvalue weighted by atomic mass is 16.2. The van der Waals surface area contributed by atoms with E-state index in [4.69, 9.17) is 0 Å². The molecule has 2 aliphatic rings. The molecule has 2 atom stereocenters. The zero-order valence-corrected chi connectivity index (χ0v) is 15.1. The second-order valence-corrected chi connectivity index (χ2v) is 7.53. The van der Waals surface area contributed by atoms with Crippen LogP contribution in [-0.2, 0) is 4.79 Å². The number of hydrogen-bond donors (Lipinski definition) is 1. The summed E-state index contributed by atoms with van der Waals surface area (Å²) in [4.78, 5) is 15.4. The van der Waals surface area contributed by atoms with Crippen LogP contribution in [0.5, 0.6) is 0 Å². The summed E-state index contributed by atoms with van der Waals surface area (Å²) in [5.41, 5.74) is 1.36. The van der Waals surface area contributed by atoms with Crippen molar-refractivity contribution in [3.05, 3.63) is 48.0 Å². The monoisotopic (exact) mass is 336 g/mol. The van der Waals surface area contributed by atoms with Crippen LogP contribution in [0, 0.1) is 5.92 Å². The number of amides is 1. The van der Waals surface area contributed by atoms with Gasteiger partial charge in [-0.05, 0) is 61.0 Å². The second kappa shape index (κ2) is 7.17. The van der Waals surface area contributed by atoms with E-state index in [2.05, 4.69) is 59.6 Å². The van der Waals surface area contributed by atoms with Gasteiger partial charge in [-0.2, -0.15) is 0 Å². The summed E-state index contributed by atoms with van der Waals surface area (Å²) in [7, 11) is 0. The Balaban J connectivity index is 1.53. The fourth-order valence-electron chi connectivity index (χ4n) is 4.43. The predicted octanol–water partition coefficient (Wildman–Crippen LogP) is 3.93. The van der Waals surface area contributed by atoms with E-state index in [1.54, 1.807) is 0 Å². The van der Waals surface area contributed by atoms with E-state index in [0.717, 1.165) is 45.3 Å². The van der Waals surface area contributed by atoms with Gasteiger partial charge in [-0.3, -0.25) is 4.79 Å². The van der Waals surface area contributed by atoms with E-state index in [9.17, 15) is 4.79 Å². The number of carbonyl (C=O) groups is 1. The lowest BCUT2D eigenvalue weighted by Gasteiger charge is -2.35. The Kier molecular flexibility index (Phi) is 4.76. The van der Waals surface area contributed by atoms with Crippen molar-refractivity contribution in [2.45, 2.75) is 44.6 Å². The van der Waals surface area contributed by atoms with Crippen molar-refractivity contribution < 1.29 is 4.79 Å². The first kappa shape index (κ1) is 16.6. The molecule has 1 aliphatic heterocycles. The van der Waals surface area contributed by atoms with Crippen molar-refractivity contribution in [3.63, 3.8) is 0 Å². The third-order valence-electron chi connectivity index (χ3n) is 5.83. The van der Waals surface area contributed by atoms with Crippen LogP contribution in [0.4, 0.5) is 0 Å². The highest BCUT2D eigenvalue weighted by Crippen LogP contribution is 2.50. The van der Waals surface area contributed by atoms with E-state index in [-0.39, 0.29) is 5.92 Å². The van der Waals surface area contributed by atoms with Crippen LogP contribution >= 0.6 is 0 Å². The van der Waals surface area contributed by atoms with Crippen LogP contribution in [0.15, 0.2) is 42.5 Å². The minimum absolute atomic E-state index is 0.187. The Hall–Kier alpha value is -1.87. The maximum Gasteiger partial charge on any atom is 0.226 e. The second-order valence-electron chi connectivity index (χ2n) is 7.53. The summed E-state index contributed by atoms with van der Waals surface area (Å²) >= 11 is 0. The maximum atomic E-state index is 13.2. The lowest BCUT2D eigenvalue weighted by atomic mass is 9.99. The Morgan fingerprint density at radius 2 is 1.88 bits per heavy atom. The average molecular weight is 336 g/mol. The van der Waals surface area contributed by atoms with Gasteiger partial charge in [0, 0.05) is 18.5 Å². The highest BCUT2D eigenvalue weighted by molar-refractivity contribution is 5.89. The molecule has 0 radical (unpaired) electrons. The van der Waals surface area contributed by atoms with Crippen molar-refractivity contribution in [2.75, 3.05) is 19.6 Å². The summed E-state index contributed by atoms with van der Waals surface area (Å²) in [5, 5.41) is 6.01. The Labute approximate surface area is 150 Å². The predicted molar refractivity (Wildman–Crippen MR) is 103 cm³/mol. The fraction of sp³-hybridized carbons (Fsp3) is 0.500. The van der Waals surface area contributed by atoms with Gasteiger partial charge in [0.1, 0.15) is 0 Å². The van der Waals surface area contributed by atoms with Gasteiger partial charge in [0.05, 0.1) is 0 Å². The van der Waals surface area contributed by atoms with Crippen molar-refractivity contribution in [3.8, 4) is 0 Å². The topological polar surface area (TPSA) is 32.3 Å². The summed E-state index contributed by atoms with van der Waals surface area (Å²) < 4.78 is 0. The number of rotatable bonds is 5. The van der Waals surface area contributed by atoms with Crippen LogP contribution in [0.2, 0.25) is 0 Å². The van der Waals surface area contributed by atoms with Gasteiger partial charge in [0.2, 0.25) is 5.91 Å². The maximum absolute atomic E-state index is 13.2. The van der Waals surface area contributed by atoms with E-state index >= 15 is 0 Å². The Bertz CT molecular complexity index is 745. The van der Waals surface area contributed by atoms with E-state index in [1.807, 2.05) is 0 Å². The molecule has 4 rings (SSSR count). The van der Waals surface area contributed by atoms with Crippen LogP contribution in [-0.4, -0.2) is 36.5 Å². The number of nitrogens with zero attached hydrogens (tertiary/aromatic N) is 1. The molecule has 2 aromatic rings. The zero-order chi connectivity index (χ0) is 17.2. The first-order valence-electron chi connectivity index (χ1n) is 9.78. The molecular formula is C22H28N2O. The third-order valence-corrected chi connectivity index (χ3v) is 5.83. The number of benzene rings is 2. The zero-order valence-electron chi connectivity index (χ0n) is 15.1. The highest BCUT2D eigenvalue weighted by Gasteiger charge is 2.47. The van der Waals surface area contributed by atoms with Gasteiger partial charge in [-0.15, -0.1) is 0 Å². The molecule has 3 heteroatoms. The molecule has 2 fully saturated rings. The quantitative estimate of drug-likeness (QED) is 0.897. The SMILES string of the molecule is CCCN(C(=O)C1CC1c1cccc2ccccc12)C1CCNCC1. The lowest BCUT2D eigenvalue weighted by Crippen LogP contribution is -2.47. The van der Waals surface area contributed by atoms with E-state index < -0.39 is 0 Å². The molecule has 1 aliphatic carbocycles. The van der Waals surface area contributed by atoms with Crippen molar-refractivity contribution in [1.82, 2.24) is 10.2 Å².